The van der Waals surface area contributed by atoms with Crippen LogP contribution in [-0.4, -0.2) is 22.9 Å². The zero-order chi connectivity index (χ0) is 18.7. The monoisotopic (exact) mass is 366 g/mol. The van der Waals surface area contributed by atoms with Crippen LogP contribution in [0.15, 0.2) is 54.6 Å². The van der Waals surface area contributed by atoms with E-state index in [1.165, 1.54) is 0 Å². The molecule has 0 bridgehead atoms. The molecule has 1 heterocycles. The van der Waals surface area contributed by atoms with Gasteiger partial charge in [0.2, 0.25) is 0 Å². The summed E-state index contributed by atoms with van der Waals surface area (Å²) in [6.45, 7) is 3.66. The van der Waals surface area contributed by atoms with Crippen molar-refractivity contribution in [2.45, 2.75) is 13.8 Å². The van der Waals surface area contributed by atoms with Crippen molar-refractivity contribution in [3.05, 3.63) is 76.7 Å². The molecule has 26 heavy (non-hydrogen) atoms. The third-order valence-electron chi connectivity index (χ3n) is 3.98. The van der Waals surface area contributed by atoms with Crippen LogP contribution in [-0.2, 0) is 0 Å². The molecule has 0 unspecified atom stereocenters. The van der Waals surface area contributed by atoms with E-state index in [2.05, 4.69) is 15.3 Å². The summed E-state index contributed by atoms with van der Waals surface area (Å²) >= 11 is 5.97. The number of anilines is 3. The fourth-order valence-corrected chi connectivity index (χ4v) is 2.80. The molecule has 1 amide bonds. The number of nitrogens with one attached hydrogen (secondary N) is 1. The Morgan fingerprint density at radius 1 is 1.04 bits per heavy atom. The van der Waals surface area contributed by atoms with Crippen LogP contribution in [0.25, 0.3) is 0 Å². The summed E-state index contributed by atoms with van der Waals surface area (Å²) in [4.78, 5) is 23.3. The molecule has 3 rings (SSSR count). The van der Waals surface area contributed by atoms with Gasteiger partial charge in [-0.3, -0.25) is 4.79 Å². The lowest BCUT2D eigenvalue weighted by molar-refractivity contribution is 0.102. The van der Waals surface area contributed by atoms with Crippen LogP contribution in [0.3, 0.4) is 0 Å². The Bertz CT molecular complexity index is 944. The second kappa shape index (κ2) is 7.54. The molecule has 0 aliphatic rings. The van der Waals surface area contributed by atoms with Gasteiger partial charge in [0.1, 0.15) is 17.3 Å². The first-order valence-electron chi connectivity index (χ1n) is 8.16. The summed E-state index contributed by atoms with van der Waals surface area (Å²) in [6, 6.07) is 16.8. The lowest BCUT2D eigenvalue weighted by Gasteiger charge is -2.19. The predicted molar refractivity (Wildman–Crippen MR) is 105 cm³/mol. The summed E-state index contributed by atoms with van der Waals surface area (Å²) in [7, 11) is 1.90. The Kier molecular flexibility index (Phi) is 5.19. The van der Waals surface area contributed by atoms with E-state index >= 15 is 0 Å². The maximum Gasteiger partial charge on any atom is 0.274 e. The van der Waals surface area contributed by atoms with Gasteiger partial charge in [0.05, 0.1) is 0 Å². The number of aromatic nitrogens is 2. The maximum absolute atomic E-state index is 12.7. The average molecular weight is 367 g/mol. The summed E-state index contributed by atoms with van der Waals surface area (Å²) in [5.41, 5.74) is 2.88. The Hall–Kier alpha value is -2.92. The van der Waals surface area contributed by atoms with E-state index in [0.717, 1.165) is 11.3 Å². The number of carbonyl (C=O) groups excluding carboxylic acids is 1. The van der Waals surface area contributed by atoms with Crippen molar-refractivity contribution in [2.24, 2.45) is 0 Å². The highest BCUT2D eigenvalue weighted by Gasteiger charge is 2.14. The van der Waals surface area contributed by atoms with Crippen LogP contribution in [0.2, 0.25) is 5.02 Å². The molecule has 0 radical (unpaired) electrons. The van der Waals surface area contributed by atoms with Crippen molar-refractivity contribution in [1.29, 1.82) is 0 Å². The molecule has 6 heteroatoms. The van der Waals surface area contributed by atoms with E-state index < -0.39 is 0 Å². The standard InChI is InChI=1S/C20H19ClN4O/c1-13-11-15(21)9-10-17(13)24-20(26)18-12-19(23-14(2)22-18)25(3)16-7-5-4-6-8-16/h4-12H,1-3H3,(H,24,26). The Balaban J connectivity index is 1.88. The molecule has 1 N–H and O–H groups in total. The van der Waals surface area contributed by atoms with Gasteiger partial charge >= 0.3 is 0 Å². The molecule has 0 saturated heterocycles. The number of benzene rings is 2. The van der Waals surface area contributed by atoms with Gasteiger partial charge in [-0.2, -0.15) is 0 Å². The summed E-state index contributed by atoms with van der Waals surface area (Å²) in [5.74, 6) is 0.897. The minimum absolute atomic E-state index is 0.288. The van der Waals surface area contributed by atoms with Crippen LogP contribution in [0.4, 0.5) is 17.2 Å². The van der Waals surface area contributed by atoms with E-state index in [9.17, 15) is 4.79 Å². The number of nitrogens with zero attached hydrogens (tertiary/aromatic N) is 3. The zero-order valence-electron chi connectivity index (χ0n) is 14.8. The van der Waals surface area contributed by atoms with Gasteiger partial charge in [-0.15, -0.1) is 0 Å². The third-order valence-corrected chi connectivity index (χ3v) is 4.22. The van der Waals surface area contributed by atoms with Crippen molar-refractivity contribution in [1.82, 2.24) is 9.97 Å². The smallest absolute Gasteiger partial charge is 0.274 e. The third kappa shape index (κ3) is 4.00. The minimum atomic E-state index is -0.288. The van der Waals surface area contributed by atoms with Gasteiger partial charge < -0.3 is 10.2 Å². The molecule has 0 atom stereocenters. The highest BCUT2D eigenvalue weighted by molar-refractivity contribution is 6.30. The van der Waals surface area contributed by atoms with E-state index in [1.807, 2.05) is 49.2 Å². The summed E-state index contributed by atoms with van der Waals surface area (Å²) in [6.07, 6.45) is 0. The molecule has 0 spiro atoms. The van der Waals surface area contributed by atoms with Crippen molar-refractivity contribution in [3.8, 4) is 0 Å². The topological polar surface area (TPSA) is 58.1 Å². The second-order valence-electron chi connectivity index (χ2n) is 5.97. The highest BCUT2D eigenvalue weighted by Crippen LogP contribution is 2.23. The summed E-state index contributed by atoms with van der Waals surface area (Å²) in [5, 5.41) is 3.51. The van der Waals surface area contributed by atoms with Gasteiger partial charge in [-0.1, -0.05) is 29.8 Å². The molecule has 0 aliphatic heterocycles. The maximum atomic E-state index is 12.7. The minimum Gasteiger partial charge on any atom is -0.329 e. The van der Waals surface area contributed by atoms with Crippen molar-refractivity contribution >= 4 is 34.7 Å². The summed E-state index contributed by atoms with van der Waals surface area (Å²) < 4.78 is 0. The van der Waals surface area contributed by atoms with Crippen molar-refractivity contribution < 1.29 is 4.79 Å². The van der Waals surface area contributed by atoms with Gasteiger partial charge in [-0.05, 0) is 49.7 Å². The molecule has 0 saturated carbocycles. The van der Waals surface area contributed by atoms with E-state index in [0.29, 0.717) is 28.0 Å². The van der Waals surface area contributed by atoms with Crippen LogP contribution >= 0.6 is 11.6 Å². The van der Waals surface area contributed by atoms with Gasteiger partial charge in [0, 0.05) is 29.5 Å². The van der Waals surface area contributed by atoms with Gasteiger partial charge in [0.15, 0.2) is 0 Å². The molecule has 0 aliphatic carbocycles. The zero-order valence-corrected chi connectivity index (χ0v) is 15.6. The molecular weight excluding hydrogens is 348 g/mol. The quantitative estimate of drug-likeness (QED) is 0.722. The normalized spacial score (nSPS) is 10.5. The van der Waals surface area contributed by atoms with Crippen LogP contribution in [0, 0.1) is 13.8 Å². The number of amides is 1. The van der Waals surface area contributed by atoms with E-state index in [1.54, 1.807) is 31.2 Å². The molecule has 2 aromatic carbocycles. The Morgan fingerprint density at radius 2 is 1.77 bits per heavy atom. The van der Waals surface area contributed by atoms with E-state index in [4.69, 9.17) is 11.6 Å². The first-order valence-corrected chi connectivity index (χ1v) is 8.54. The van der Waals surface area contributed by atoms with Crippen LogP contribution < -0.4 is 10.2 Å². The van der Waals surface area contributed by atoms with Crippen molar-refractivity contribution in [3.63, 3.8) is 0 Å². The van der Waals surface area contributed by atoms with Crippen molar-refractivity contribution in [2.75, 3.05) is 17.3 Å². The molecular formula is C20H19ClN4O. The number of halogens is 1. The molecule has 1 aromatic heterocycles. The fraction of sp³-hybridized carbons (Fsp3) is 0.150. The first-order chi connectivity index (χ1) is 12.4. The lowest BCUT2D eigenvalue weighted by Crippen LogP contribution is -2.18. The van der Waals surface area contributed by atoms with Gasteiger partial charge in [-0.25, -0.2) is 9.97 Å². The SMILES string of the molecule is Cc1nc(C(=O)Nc2ccc(Cl)cc2C)cc(N(C)c2ccccc2)n1. The first kappa shape index (κ1) is 17.9. The number of rotatable bonds is 4. The molecule has 3 aromatic rings. The highest BCUT2D eigenvalue weighted by atomic mass is 35.5. The molecule has 132 valence electrons. The lowest BCUT2D eigenvalue weighted by atomic mass is 10.2. The van der Waals surface area contributed by atoms with Crippen LogP contribution in [0.1, 0.15) is 21.9 Å². The fourth-order valence-electron chi connectivity index (χ4n) is 2.58. The number of para-hydroxylation sites is 1. The molecule has 0 fully saturated rings. The predicted octanol–water partition coefficient (Wildman–Crippen LogP) is 4.77. The Labute approximate surface area is 157 Å². The number of carbonyl (C=O) groups is 1. The number of aryl methyl sites for hydroxylation is 2. The second-order valence-corrected chi connectivity index (χ2v) is 6.40. The average Bonchev–Trinajstić information content (AvgIpc) is 2.63. The Morgan fingerprint density at radius 3 is 2.46 bits per heavy atom. The van der Waals surface area contributed by atoms with Gasteiger partial charge in [0.25, 0.3) is 5.91 Å². The van der Waals surface area contributed by atoms with E-state index in [-0.39, 0.29) is 5.91 Å². The molecule has 5 nitrogen and oxygen atoms in total. The number of hydrogen-bond donors (Lipinski definition) is 1. The largest absolute Gasteiger partial charge is 0.329 e. The number of hydrogen-bond acceptors (Lipinski definition) is 4. The van der Waals surface area contributed by atoms with Crippen LogP contribution in [0.5, 0.6) is 0 Å².